The van der Waals surface area contributed by atoms with Gasteiger partial charge in [-0.15, -0.1) is 0 Å². The molecule has 0 radical (unpaired) electrons. The van der Waals surface area contributed by atoms with Crippen molar-refractivity contribution in [1.29, 1.82) is 0 Å². The van der Waals surface area contributed by atoms with Crippen LogP contribution in [0.5, 0.6) is 0 Å². The molecule has 0 aliphatic rings. The van der Waals surface area contributed by atoms with Gasteiger partial charge >= 0.3 is 0 Å². The van der Waals surface area contributed by atoms with E-state index in [2.05, 4.69) is 192 Å². The lowest BCUT2D eigenvalue weighted by atomic mass is 10.0. The maximum Gasteiger partial charge on any atom is 0.159 e. The van der Waals surface area contributed by atoms with E-state index in [-0.39, 0.29) is 0 Å². The second-order valence-corrected chi connectivity index (χ2v) is 15.7. The molecule has 0 unspecified atom stereocenters. The van der Waals surface area contributed by atoms with Gasteiger partial charge in [0.2, 0.25) is 0 Å². The third-order valence-electron chi connectivity index (χ3n) is 12.1. The summed E-state index contributed by atoms with van der Waals surface area (Å²) in [5.74, 6) is 0. The van der Waals surface area contributed by atoms with Crippen molar-refractivity contribution in [3.05, 3.63) is 206 Å². The van der Waals surface area contributed by atoms with Gasteiger partial charge in [0.15, 0.2) is 11.2 Å². The molecule has 0 atom stereocenters. The van der Waals surface area contributed by atoms with E-state index < -0.39 is 0 Å². The van der Waals surface area contributed by atoms with Gasteiger partial charge in [-0.3, -0.25) is 0 Å². The summed E-state index contributed by atoms with van der Waals surface area (Å²) in [4.78, 5) is 4.56. The van der Waals surface area contributed by atoms with Crippen LogP contribution in [0.25, 0.3) is 87.4 Å². The van der Waals surface area contributed by atoms with Crippen LogP contribution < -0.4 is 9.80 Å². The van der Waals surface area contributed by atoms with E-state index in [0.29, 0.717) is 0 Å². The highest BCUT2D eigenvalue weighted by Gasteiger charge is 2.22. The van der Waals surface area contributed by atoms with Gasteiger partial charge in [-0.05, 0) is 119 Å². The van der Waals surface area contributed by atoms with Crippen LogP contribution in [-0.4, -0.2) is 0 Å². The molecule has 0 saturated carbocycles. The predicted molar refractivity (Wildman–Crippen MR) is 253 cm³/mol. The van der Waals surface area contributed by atoms with Gasteiger partial charge in [0.25, 0.3) is 0 Å². The SMILES string of the molecule is c1ccc(N(c2ccc3cc4c(cc3c2)oc2cc3cc(N(c5ccccc5)c5cccc6c5oc5ccccc56)ccc3cc24)c2cccc3c2oc2ccccc23)cc1. The van der Waals surface area contributed by atoms with E-state index in [1.54, 1.807) is 0 Å². The number of anilines is 6. The first-order chi connectivity index (χ1) is 30.2. The summed E-state index contributed by atoms with van der Waals surface area (Å²) in [5.41, 5.74) is 11.3. The second kappa shape index (κ2) is 13.1. The molecule has 13 aromatic rings. The van der Waals surface area contributed by atoms with E-state index >= 15 is 0 Å². The molecule has 0 aliphatic carbocycles. The zero-order chi connectivity index (χ0) is 40.0. The normalized spacial score (nSPS) is 11.9. The minimum atomic E-state index is 0.850. The Morgan fingerprint density at radius 1 is 0.246 bits per heavy atom. The fraction of sp³-hybridized carbons (Fsp3) is 0. The Labute approximate surface area is 349 Å². The molecule has 0 amide bonds. The van der Waals surface area contributed by atoms with Gasteiger partial charge in [0.05, 0.1) is 11.4 Å². The van der Waals surface area contributed by atoms with Crippen LogP contribution in [0.1, 0.15) is 0 Å². The number of hydrogen-bond acceptors (Lipinski definition) is 5. The molecular formula is C56H34N2O3. The lowest BCUT2D eigenvalue weighted by Crippen LogP contribution is -2.10. The third kappa shape index (κ3) is 5.27. The molecule has 0 bridgehead atoms. The Kier molecular flexibility index (Phi) is 7.24. The van der Waals surface area contributed by atoms with Gasteiger partial charge in [0.1, 0.15) is 22.3 Å². The van der Waals surface area contributed by atoms with Crippen molar-refractivity contribution < 1.29 is 13.3 Å². The highest BCUT2D eigenvalue weighted by molar-refractivity contribution is 6.15. The average molecular weight is 783 g/mol. The second-order valence-electron chi connectivity index (χ2n) is 15.7. The fourth-order valence-electron chi connectivity index (χ4n) is 9.34. The zero-order valence-electron chi connectivity index (χ0n) is 32.7. The Bertz CT molecular complexity index is 3590. The molecule has 0 spiro atoms. The van der Waals surface area contributed by atoms with Crippen LogP contribution in [0.15, 0.2) is 220 Å². The Hall–Kier alpha value is -8.28. The molecule has 3 heterocycles. The molecule has 3 aromatic heterocycles. The van der Waals surface area contributed by atoms with Crippen LogP contribution in [-0.2, 0) is 0 Å². The van der Waals surface area contributed by atoms with E-state index in [9.17, 15) is 0 Å². The first-order valence-electron chi connectivity index (χ1n) is 20.6. The maximum absolute atomic E-state index is 6.73. The molecule has 5 heteroatoms. The minimum absolute atomic E-state index is 0.850. The van der Waals surface area contributed by atoms with Crippen molar-refractivity contribution >= 4 is 121 Å². The number of furan rings is 3. The molecule has 0 N–H and O–H groups in total. The van der Waals surface area contributed by atoms with Crippen molar-refractivity contribution in [2.24, 2.45) is 0 Å². The summed E-state index contributed by atoms with van der Waals surface area (Å²) >= 11 is 0. The van der Waals surface area contributed by atoms with Crippen molar-refractivity contribution in [2.45, 2.75) is 0 Å². The summed E-state index contributed by atoms with van der Waals surface area (Å²) in [6.07, 6.45) is 0. The number of benzene rings is 10. The topological polar surface area (TPSA) is 45.9 Å². The Balaban J connectivity index is 0.941. The monoisotopic (exact) mass is 782 g/mol. The van der Waals surface area contributed by atoms with Crippen molar-refractivity contribution in [2.75, 3.05) is 9.80 Å². The fourth-order valence-corrected chi connectivity index (χ4v) is 9.34. The van der Waals surface area contributed by atoms with Crippen molar-refractivity contribution in [3.63, 3.8) is 0 Å². The summed E-state index contributed by atoms with van der Waals surface area (Å²) in [6, 6.07) is 72.4. The number of rotatable bonds is 6. The Morgan fingerprint density at radius 3 is 1.15 bits per heavy atom. The van der Waals surface area contributed by atoms with Gasteiger partial charge < -0.3 is 23.1 Å². The van der Waals surface area contributed by atoms with E-state index in [1.807, 2.05) is 24.3 Å². The quantitative estimate of drug-likeness (QED) is 0.168. The summed E-state index contributed by atoms with van der Waals surface area (Å²) in [6.45, 7) is 0. The van der Waals surface area contributed by atoms with Gasteiger partial charge in [0, 0.05) is 55.1 Å². The Morgan fingerprint density at radius 2 is 0.672 bits per heavy atom. The summed E-state index contributed by atoms with van der Waals surface area (Å²) in [7, 11) is 0. The molecular weight excluding hydrogens is 749 g/mol. The lowest BCUT2D eigenvalue weighted by Gasteiger charge is -2.25. The maximum atomic E-state index is 6.73. The molecule has 61 heavy (non-hydrogen) atoms. The molecule has 10 aromatic carbocycles. The van der Waals surface area contributed by atoms with Gasteiger partial charge in [-0.2, -0.15) is 0 Å². The first kappa shape index (κ1) is 33.7. The molecule has 0 aliphatic heterocycles. The number of fused-ring (bicyclic) bond motifs is 11. The van der Waals surface area contributed by atoms with Crippen molar-refractivity contribution in [1.82, 2.24) is 0 Å². The standard InChI is InChI=1S/C56H34N2O3/c1-3-13-39(14-4-1)57(49-21-11-19-45-43-17-7-9-23-51(43)60-55(45)49)41-27-25-35-31-47-48-32-36-26-28-42(30-38(36)34-54(48)59-53(47)33-37(35)29-41)58(40-15-5-2-6-16-40)50-22-12-20-46-44-18-8-10-24-52(44)61-56(46)50/h1-34H. The zero-order valence-corrected chi connectivity index (χ0v) is 32.7. The highest BCUT2D eigenvalue weighted by Crippen LogP contribution is 2.45. The number of hydrogen-bond donors (Lipinski definition) is 0. The van der Waals surface area contributed by atoms with Crippen LogP contribution in [0, 0.1) is 0 Å². The predicted octanol–water partition coefficient (Wildman–Crippen LogP) is 16.6. The molecule has 5 nitrogen and oxygen atoms in total. The van der Waals surface area contributed by atoms with Crippen LogP contribution >= 0.6 is 0 Å². The summed E-state index contributed by atoms with van der Waals surface area (Å²) < 4.78 is 19.8. The van der Waals surface area contributed by atoms with Crippen LogP contribution in [0.4, 0.5) is 34.1 Å². The lowest BCUT2D eigenvalue weighted by molar-refractivity contribution is 0.668. The summed E-state index contributed by atoms with van der Waals surface area (Å²) in [5, 5.41) is 11.0. The number of nitrogens with zero attached hydrogens (tertiary/aromatic N) is 2. The number of para-hydroxylation sites is 6. The van der Waals surface area contributed by atoms with E-state index in [0.717, 1.165) is 121 Å². The van der Waals surface area contributed by atoms with Gasteiger partial charge in [-0.25, -0.2) is 0 Å². The van der Waals surface area contributed by atoms with Gasteiger partial charge in [-0.1, -0.05) is 109 Å². The average Bonchev–Trinajstić information content (AvgIpc) is 4.00. The first-order valence-corrected chi connectivity index (χ1v) is 20.6. The van der Waals surface area contributed by atoms with Crippen LogP contribution in [0.3, 0.4) is 0 Å². The van der Waals surface area contributed by atoms with Crippen LogP contribution in [0.2, 0.25) is 0 Å². The molecule has 0 saturated heterocycles. The molecule has 286 valence electrons. The minimum Gasteiger partial charge on any atom is -0.456 e. The third-order valence-corrected chi connectivity index (χ3v) is 12.1. The van der Waals surface area contributed by atoms with E-state index in [1.165, 1.54) is 0 Å². The smallest absolute Gasteiger partial charge is 0.159 e. The van der Waals surface area contributed by atoms with E-state index in [4.69, 9.17) is 13.3 Å². The van der Waals surface area contributed by atoms with Crippen molar-refractivity contribution in [3.8, 4) is 0 Å². The molecule has 13 rings (SSSR count). The molecule has 0 fully saturated rings. The highest BCUT2D eigenvalue weighted by atomic mass is 16.3. The largest absolute Gasteiger partial charge is 0.456 e.